The standard InChI is InChI=1S/C21H28N4O/c1-22-21(23-13-16-8-10-17(11-9-16)15-25(2)3)24-14-19-12-18-6-4-5-7-20(18)26-19/h4-11,19H,12-15H2,1-3H3,(H2,22,23,24). The van der Waals surface area contributed by atoms with Crippen molar-refractivity contribution in [3.05, 3.63) is 65.2 Å². The van der Waals surface area contributed by atoms with Gasteiger partial charge in [-0.3, -0.25) is 4.99 Å². The van der Waals surface area contributed by atoms with E-state index in [2.05, 4.69) is 71.0 Å². The summed E-state index contributed by atoms with van der Waals surface area (Å²) in [5.41, 5.74) is 3.83. The van der Waals surface area contributed by atoms with Crippen LogP contribution in [0.5, 0.6) is 5.75 Å². The number of guanidine groups is 1. The number of hydrogen-bond acceptors (Lipinski definition) is 3. The molecule has 2 aromatic rings. The summed E-state index contributed by atoms with van der Waals surface area (Å²) in [4.78, 5) is 6.47. The Morgan fingerprint density at radius 2 is 1.81 bits per heavy atom. The molecule has 3 rings (SSSR count). The number of hydrogen-bond donors (Lipinski definition) is 2. The van der Waals surface area contributed by atoms with Crippen molar-refractivity contribution in [2.45, 2.75) is 25.6 Å². The van der Waals surface area contributed by atoms with E-state index in [9.17, 15) is 0 Å². The lowest BCUT2D eigenvalue weighted by Crippen LogP contribution is -2.41. The van der Waals surface area contributed by atoms with Crippen LogP contribution in [0.3, 0.4) is 0 Å². The number of aliphatic imine (C=N–C) groups is 1. The van der Waals surface area contributed by atoms with Crippen molar-refractivity contribution >= 4 is 5.96 Å². The van der Waals surface area contributed by atoms with Crippen LogP contribution in [0.4, 0.5) is 0 Å². The van der Waals surface area contributed by atoms with Crippen LogP contribution in [-0.4, -0.2) is 44.7 Å². The molecule has 5 nitrogen and oxygen atoms in total. The topological polar surface area (TPSA) is 48.9 Å². The Morgan fingerprint density at radius 3 is 2.50 bits per heavy atom. The average molecular weight is 352 g/mol. The fourth-order valence-corrected chi connectivity index (χ4v) is 3.11. The highest BCUT2D eigenvalue weighted by Crippen LogP contribution is 2.27. The van der Waals surface area contributed by atoms with Gasteiger partial charge in [-0.05, 0) is 36.9 Å². The van der Waals surface area contributed by atoms with Gasteiger partial charge in [-0.25, -0.2) is 0 Å². The highest BCUT2D eigenvalue weighted by atomic mass is 16.5. The minimum atomic E-state index is 0.149. The molecule has 2 N–H and O–H groups in total. The quantitative estimate of drug-likeness (QED) is 0.619. The normalized spacial score (nSPS) is 16.3. The first-order valence-corrected chi connectivity index (χ1v) is 9.05. The van der Waals surface area contributed by atoms with Gasteiger partial charge in [-0.2, -0.15) is 0 Å². The zero-order valence-electron chi connectivity index (χ0n) is 15.8. The van der Waals surface area contributed by atoms with E-state index in [4.69, 9.17) is 4.74 Å². The van der Waals surface area contributed by atoms with Gasteiger partial charge < -0.3 is 20.3 Å². The fraction of sp³-hybridized carbons (Fsp3) is 0.381. The van der Waals surface area contributed by atoms with E-state index in [-0.39, 0.29) is 6.10 Å². The molecule has 0 spiro atoms. The van der Waals surface area contributed by atoms with Gasteiger partial charge in [0, 0.05) is 26.6 Å². The maximum atomic E-state index is 5.96. The lowest BCUT2D eigenvalue weighted by Gasteiger charge is -2.16. The Kier molecular flexibility index (Phi) is 6.12. The van der Waals surface area contributed by atoms with Gasteiger partial charge in [0.25, 0.3) is 0 Å². The summed E-state index contributed by atoms with van der Waals surface area (Å²) in [5, 5.41) is 6.73. The van der Waals surface area contributed by atoms with Crippen molar-refractivity contribution in [2.75, 3.05) is 27.7 Å². The third-order valence-corrected chi connectivity index (χ3v) is 4.42. The first-order chi connectivity index (χ1) is 12.6. The number of ether oxygens (including phenoxy) is 1. The van der Waals surface area contributed by atoms with E-state index in [0.29, 0.717) is 0 Å². The average Bonchev–Trinajstić information content (AvgIpc) is 3.05. The molecule has 0 saturated heterocycles. The first-order valence-electron chi connectivity index (χ1n) is 9.05. The SMILES string of the molecule is CN=C(NCc1ccc(CN(C)C)cc1)NCC1Cc2ccccc2O1. The van der Waals surface area contributed by atoms with Crippen LogP contribution in [0.15, 0.2) is 53.5 Å². The molecular weight excluding hydrogens is 324 g/mol. The Bertz CT molecular complexity index is 715. The highest BCUT2D eigenvalue weighted by Gasteiger charge is 2.22. The molecule has 0 bridgehead atoms. The Morgan fingerprint density at radius 1 is 1.08 bits per heavy atom. The van der Waals surface area contributed by atoms with Gasteiger partial charge in [0.05, 0.1) is 6.54 Å². The maximum Gasteiger partial charge on any atom is 0.191 e. The molecule has 1 aliphatic rings. The molecule has 1 unspecified atom stereocenters. The largest absolute Gasteiger partial charge is 0.488 e. The molecule has 138 valence electrons. The molecule has 0 fully saturated rings. The molecule has 0 radical (unpaired) electrons. The van der Waals surface area contributed by atoms with Crippen molar-refractivity contribution in [3.63, 3.8) is 0 Å². The van der Waals surface area contributed by atoms with E-state index >= 15 is 0 Å². The summed E-state index contributed by atoms with van der Waals surface area (Å²) >= 11 is 0. The summed E-state index contributed by atoms with van der Waals surface area (Å²) in [6, 6.07) is 16.9. The Balaban J connectivity index is 1.44. The molecule has 1 aliphatic heterocycles. The number of fused-ring (bicyclic) bond motifs is 1. The van der Waals surface area contributed by atoms with Gasteiger partial charge in [0.2, 0.25) is 0 Å². The van der Waals surface area contributed by atoms with Crippen LogP contribution < -0.4 is 15.4 Å². The van der Waals surface area contributed by atoms with Gasteiger partial charge in [-0.1, -0.05) is 42.5 Å². The van der Waals surface area contributed by atoms with Gasteiger partial charge in [-0.15, -0.1) is 0 Å². The molecule has 1 heterocycles. The van der Waals surface area contributed by atoms with Crippen LogP contribution in [-0.2, 0) is 19.5 Å². The van der Waals surface area contributed by atoms with Crippen molar-refractivity contribution in [3.8, 4) is 5.75 Å². The van der Waals surface area contributed by atoms with E-state index in [1.54, 1.807) is 7.05 Å². The van der Waals surface area contributed by atoms with Crippen molar-refractivity contribution in [2.24, 2.45) is 4.99 Å². The molecule has 1 atom stereocenters. The smallest absolute Gasteiger partial charge is 0.191 e. The predicted octanol–water partition coefficient (Wildman–Crippen LogP) is 2.42. The summed E-state index contributed by atoms with van der Waals surface area (Å²) in [7, 11) is 5.95. The predicted molar refractivity (Wildman–Crippen MR) is 107 cm³/mol. The van der Waals surface area contributed by atoms with Crippen LogP contribution >= 0.6 is 0 Å². The van der Waals surface area contributed by atoms with Gasteiger partial charge in [0.15, 0.2) is 5.96 Å². The summed E-state index contributed by atoms with van der Waals surface area (Å²) in [6.07, 6.45) is 1.09. The monoisotopic (exact) mass is 352 g/mol. The highest BCUT2D eigenvalue weighted by molar-refractivity contribution is 5.79. The van der Waals surface area contributed by atoms with E-state index in [1.807, 2.05) is 12.1 Å². The summed E-state index contributed by atoms with van der Waals surface area (Å²) in [5.74, 6) is 1.79. The fourth-order valence-electron chi connectivity index (χ4n) is 3.11. The van der Waals surface area contributed by atoms with Crippen LogP contribution in [0, 0.1) is 0 Å². The lowest BCUT2D eigenvalue weighted by atomic mass is 10.1. The number of para-hydroxylation sites is 1. The zero-order chi connectivity index (χ0) is 18.4. The second-order valence-electron chi connectivity index (χ2n) is 6.91. The molecule has 26 heavy (non-hydrogen) atoms. The third-order valence-electron chi connectivity index (χ3n) is 4.42. The third kappa shape index (κ3) is 4.99. The van der Waals surface area contributed by atoms with Gasteiger partial charge in [0.1, 0.15) is 11.9 Å². The van der Waals surface area contributed by atoms with Gasteiger partial charge >= 0.3 is 0 Å². The summed E-state index contributed by atoms with van der Waals surface area (Å²) < 4.78 is 5.96. The molecule has 0 amide bonds. The zero-order valence-corrected chi connectivity index (χ0v) is 15.8. The van der Waals surface area contributed by atoms with Crippen molar-refractivity contribution in [1.29, 1.82) is 0 Å². The first kappa shape index (κ1) is 18.3. The van der Waals surface area contributed by atoms with Crippen LogP contribution in [0.25, 0.3) is 0 Å². The number of benzene rings is 2. The second kappa shape index (κ2) is 8.72. The van der Waals surface area contributed by atoms with Crippen molar-refractivity contribution in [1.82, 2.24) is 15.5 Å². The molecule has 0 saturated carbocycles. The molecule has 0 aromatic heterocycles. The number of nitrogens with one attached hydrogen (secondary N) is 2. The van der Waals surface area contributed by atoms with Crippen molar-refractivity contribution < 1.29 is 4.74 Å². The molecular formula is C21H28N4O. The number of rotatable bonds is 6. The van der Waals surface area contributed by atoms with Crippen LogP contribution in [0.2, 0.25) is 0 Å². The van der Waals surface area contributed by atoms with E-state index < -0.39 is 0 Å². The maximum absolute atomic E-state index is 5.96. The minimum Gasteiger partial charge on any atom is -0.488 e. The molecule has 5 heteroatoms. The molecule has 0 aliphatic carbocycles. The van der Waals surface area contributed by atoms with E-state index in [0.717, 1.165) is 37.8 Å². The second-order valence-corrected chi connectivity index (χ2v) is 6.91. The Hall–Kier alpha value is -2.53. The molecule has 2 aromatic carbocycles. The Labute approximate surface area is 156 Å². The summed E-state index contributed by atoms with van der Waals surface area (Å²) in [6.45, 7) is 2.44. The lowest BCUT2D eigenvalue weighted by molar-refractivity contribution is 0.235. The minimum absolute atomic E-state index is 0.149. The van der Waals surface area contributed by atoms with E-state index in [1.165, 1.54) is 16.7 Å². The van der Waals surface area contributed by atoms with Crippen LogP contribution in [0.1, 0.15) is 16.7 Å². The number of nitrogens with zero attached hydrogens (tertiary/aromatic N) is 2.